The van der Waals surface area contributed by atoms with Crippen LogP contribution in [0.5, 0.6) is 0 Å². The number of hydrogen-bond acceptors (Lipinski definition) is 2. The van der Waals surface area contributed by atoms with Crippen LogP contribution in [0.1, 0.15) is 5.56 Å². The third-order valence-corrected chi connectivity index (χ3v) is 4.24. The minimum absolute atomic E-state index is 0.919. The smallest absolute Gasteiger partial charge is 0.142 e. The summed E-state index contributed by atoms with van der Waals surface area (Å²) in [6.45, 7) is 2.06. The zero-order valence-electron chi connectivity index (χ0n) is 11.5. The molecule has 5 rings (SSSR count). The number of rotatable bonds is 0. The molecule has 0 unspecified atom stereocenters. The highest BCUT2D eigenvalue weighted by molar-refractivity contribution is 6.16. The first-order chi connectivity index (χ1) is 10.3. The van der Waals surface area contributed by atoms with Crippen molar-refractivity contribution in [3.63, 3.8) is 0 Å². The molecule has 2 nitrogen and oxygen atoms in total. The van der Waals surface area contributed by atoms with E-state index in [4.69, 9.17) is 8.83 Å². The molecule has 0 aliphatic carbocycles. The average molecular weight is 272 g/mol. The van der Waals surface area contributed by atoms with Gasteiger partial charge in [-0.25, -0.2) is 0 Å². The standard InChI is InChI=1S/C19H12O2/c1-11-18-14(12-6-2-4-8-16(12)20-18)10-15-13-7-3-5-9-17(13)21-19(11)15/h2-10H,1H3. The molecule has 0 saturated carbocycles. The van der Waals surface area contributed by atoms with Crippen LogP contribution in [-0.4, -0.2) is 0 Å². The van der Waals surface area contributed by atoms with Crippen LogP contribution < -0.4 is 0 Å². The summed E-state index contributed by atoms with van der Waals surface area (Å²) in [7, 11) is 0. The minimum atomic E-state index is 0.919. The molecule has 0 aliphatic heterocycles. The first kappa shape index (κ1) is 11.0. The molecule has 0 saturated heterocycles. The maximum Gasteiger partial charge on any atom is 0.142 e. The molecule has 2 aromatic heterocycles. The van der Waals surface area contributed by atoms with Crippen molar-refractivity contribution >= 4 is 43.9 Å². The van der Waals surface area contributed by atoms with Gasteiger partial charge in [0.05, 0.1) is 0 Å². The van der Waals surface area contributed by atoms with Crippen molar-refractivity contribution in [3.05, 3.63) is 60.2 Å². The van der Waals surface area contributed by atoms with E-state index in [-0.39, 0.29) is 0 Å². The predicted octanol–water partition coefficient (Wildman–Crippen LogP) is 5.79. The average Bonchev–Trinajstić information content (AvgIpc) is 3.07. The van der Waals surface area contributed by atoms with Gasteiger partial charge in [-0.05, 0) is 25.1 Å². The lowest BCUT2D eigenvalue weighted by molar-refractivity contribution is 0.651. The quantitative estimate of drug-likeness (QED) is 0.356. The number of fused-ring (bicyclic) bond motifs is 6. The van der Waals surface area contributed by atoms with Gasteiger partial charge in [-0.15, -0.1) is 0 Å². The second-order valence-electron chi connectivity index (χ2n) is 5.45. The molecule has 0 spiro atoms. The van der Waals surface area contributed by atoms with Crippen molar-refractivity contribution in [1.82, 2.24) is 0 Å². The maximum atomic E-state index is 6.03. The number of aryl methyl sites for hydroxylation is 1. The SMILES string of the molecule is Cc1c2oc3ccccc3c2cc2c1oc1ccccc12. The number of para-hydroxylation sites is 2. The summed E-state index contributed by atoms with van der Waals surface area (Å²) in [5.41, 5.74) is 4.75. The normalized spacial score (nSPS) is 12.0. The molecule has 0 aliphatic rings. The van der Waals surface area contributed by atoms with Crippen molar-refractivity contribution in [1.29, 1.82) is 0 Å². The highest BCUT2D eigenvalue weighted by Gasteiger charge is 2.16. The summed E-state index contributed by atoms with van der Waals surface area (Å²) in [6.07, 6.45) is 0. The van der Waals surface area contributed by atoms with E-state index in [1.54, 1.807) is 0 Å². The van der Waals surface area contributed by atoms with Gasteiger partial charge in [0, 0.05) is 27.1 Å². The van der Waals surface area contributed by atoms with E-state index in [1.165, 1.54) is 0 Å². The number of furan rings is 2. The highest BCUT2D eigenvalue weighted by Crippen LogP contribution is 2.39. The molecular weight excluding hydrogens is 260 g/mol. The van der Waals surface area contributed by atoms with Gasteiger partial charge in [0.15, 0.2) is 0 Å². The zero-order chi connectivity index (χ0) is 14.0. The Kier molecular flexibility index (Phi) is 1.92. The highest BCUT2D eigenvalue weighted by atomic mass is 16.3. The van der Waals surface area contributed by atoms with E-state index in [2.05, 4.69) is 25.1 Å². The van der Waals surface area contributed by atoms with Gasteiger partial charge < -0.3 is 8.83 Å². The molecule has 0 atom stereocenters. The van der Waals surface area contributed by atoms with Gasteiger partial charge in [0.1, 0.15) is 22.3 Å². The summed E-state index contributed by atoms with van der Waals surface area (Å²) in [5, 5.41) is 4.62. The Labute approximate surface area is 120 Å². The molecule has 21 heavy (non-hydrogen) atoms. The second kappa shape index (κ2) is 3.67. The lowest BCUT2D eigenvalue weighted by Gasteiger charge is -1.96. The van der Waals surface area contributed by atoms with Crippen LogP contribution in [0.2, 0.25) is 0 Å². The largest absolute Gasteiger partial charge is 0.456 e. The molecule has 2 heteroatoms. The molecule has 0 radical (unpaired) electrons. The summed E-state index contributed by atoms with van der Waals surface area (Å²) in [5.74, 6) is 0. The van der Waals surface area contributed by atoms with Gasteiger partial charge in [-0.1, -0.05) is 36.4 Å². The third kappa shape index (κ3) is 1.32. The van der Waals surface area contributed by atoms with Gasteiger partial charge >= 0.3 is 0 Å². The van der Waals surface area contributed by atoms with Crippen LogP contribution in [0, 0.1) is 6.92 Å². The van der Waals surface area contributed by atoms with Crippen LogP contribution in [-0.2, 0) is 0 Å². The van der Waals surface area contributed by atoms with E-state index >= 15 is 0 Å². The van der Waals surface area contributed by atoms with Crippen LogP contribution in [0.25, 0.3) is 43.9 Å². The fourth-order valence-corrected chi connectivity index (χ4v) is 3.22. The zero-order valence-corrected chi connectivity index (χ0v) is 11.5. The first-order valence-electron chi connectivity index (χ1n) is 7.05. The Hall–Kier alpha value is -2.74. The lowest BCUT2D eigenvalue weighted by Crippen LogP contribution is -1.75. The van der Waals surface area contributed by atoms with Gasteiger partial charge in [-0.3, -0.25) is 0 Å². The number of benzene rings is 3. The molecular formula is C19H12O2. The molecule has 5 aromatic rings. The first-order valence-corrected chi connectivity index (χ1v) is 7.05. The van der Waals surface area contributed by atoms with Crippen molar-refractivity contribution in [2.75, 3.05) is 0 Å². The predicted molar refractivity (Wildman–Crippen MR) is 85.7 cm³/mol. The Morgan fingerprint density at radius 2 is 1.10 bits per heavy atom. The van der Waals surface area contributed by atoms with Crippen molar-refractivity contribution in [3.8, 4) is 0 Å². The van der Waals surface area contributed by atoms with Gasteiger partial charge in [0.2, 0.25) is 0 Å². The van der Waals surface area contributed by atoms with Crippen molar-refractivity contribution in [2.45, 2.75) is 6.92 Å². The molecule has 0 amide bonds. The maximum absolute atomic E-state index is 6.03. The van der Waals surface area contributed by atoms with Gasteiger partial charge in [0.25, 0.3) is 0 Å². The van der Waals surface area contributed by atoms with E-state index in [9.17, 15) is 0 Å². The fourth-order valence-electron chi connectivity index (χ4n) is 3.22. The van der Waals surface area contributed by atoms with E-state index in [0.717, 1.165) is 49.4 Å². The summed E-state index contributed by atoms with van der Waals surface area (Å²) >= 11 is 0. The van der Waals surface area contributed by atoms with Gasteiger partial charge in [-0.2, -0.15) is 0 Å². The van der Waals surface area contributed by atoms with Crippen molar-refractivity contribution < 1.29 is 8.83 Å². The van der Waals surface area contributed by atoms with Crippen LogP contribution >= 0.6 is 0 Å². The molecule has 2 heterocycles. The molecule has 100 valence electrons. The van der Waals surface area contributed by atoms with Crippen LogP contribution in [0.3, 0.4) is 0 Å². The summed E-state index contributed by atoms with van der Waals surface area (Å²) in [4.78, 5) is 0. The molecule has 3 aromatic carbocycles. The Bertz CT molecular complexity index is 1050. The Balaban J connectivity index is 2.11. The third-order valence-electron chi connectivity index (χ3n) is 4.24. The van der Waals surface area contributed by atoms with Crippen LogP contribution in [0.15, 0.2) is 63.4 Å². The van der Waals surface area contributed by atoms with Crippen molar-refractivity contribution in [2.24, 2.45) is 0 Å². The fraction of sp³-hybridized carbons (Fsp3) is 0.0526. The van der Waals surface area contributed by atoms with E-state index < -0.39 is 0 Å². The monoisotopic (exact) mass is 272 g/mol. The molecule has 0 bridgehead atoms. The van der Waals surface area contributed by atoms with E-state index in [1.807, 2.05) is 36.4 Å². The van der Waals surface area contributed by atoms with E-state index in [0.29, 0.717) is 0 Å². The lowest BCUT2D eigenvalue weighted by atomic mass is 10.0. The second-order valence-corrected chi connectivity index (χ2v) is 5.45. The Morgan fingerprint density at radius 3 is 1.62 bits per heavy atom. The summed E-state index contributed by atoms with van der Waals surface area (Å²) < 4.78 is 12.1. The minimum Gasteiger partial charge on any atom is -0.456 e. The molecule has 0 N–H and O–H groups in total. The topological polar surface area (TPSA) is 26.3 Å². The summed E-state index contributed by atoms with van der Waals surface area (Å²) in [6, 6.07) is 18.5. The van der Waals surface area contributed by atoms with Crippen LogP contribution in [0.4, 0.5) is 0 Å². The number of hydrogen-bond donors (Lipinski definition) is 0. The molecule has 0 fully saturated rings. The Morgan fingerprint density at radius 1 is 0.619 bits per heavy atom.